The van der Waals surface area contributed by atoms with E-state index in [0.29, 0.717) is 13.0 Å². The molecule has 1 rings (SSSR count). The number of esters is 1. The summed E-state index contributed by atoms with van der Waals surface area (Å²) in [5.74, 6) is -0.398. The maximum absolute atomic E-state index is 12.7. The van der Waals surface area contributed by atoms with Gasteiger partial charge in [-0.1, -0.05) is 162 Å². The lowest BCUT2D eigenvalue weighted by Gasteiger charge is -2.41. The van der Waals surface area contributed by atoms with E-state index in [4.69, 9.17) is 23.5 Å². The maximum Gasteiger partial charge on any atom is 0.397 e. The molecule has 310 valence electrons. The molecule has 52 heavy (non-hydrogen) atoms. The minimum atomic E-state index is -5.05. The molecule has 0 spiro atoms. The van der Waals surface area contributed by atoms with Gasteiger partial charge in [0.05, 0.1) is 19.8 Å². The molecule has 1 heterocycles. The van der Waals surface area contributed by atoms with Crippen LogP contribution < -0.4 is 0 Å². The van der Waals surface area contributed by atoms with Gasteiger partial charge in [0.1, 0.15) is 30.5 Å². The zero-order chi connectivity index (χ0) is 38.3. The van der Waals surface area contributed by atoms with Crippen LogP contribution in [0.15, 0.2) is 0 Å². The van der Waals surface area contributed by atoms with Gasteiger partial charge in [-0.3, -0.25) is 9.35 Å². The topological polar surface area (TPSA) is 178 Å². The summed E-state index contributed by atoms with van der Waals surface area (Å²) in [6.45, 7) is 3.94. The third kappa shape index (κ3) is 26.0. The summed E-state index contributed by atoms with van der Waals surface area (Å²) in [5.41, 5.74) is 0. The fourth-order valence-electron chi connectivity index (χ4n) is 6.56. The highest BCUT2D eigenvalue weighted by Crippen LogP contribution is 2.26. The molecule has 6 unspecified atom stereocenters. The number of carbonyl (C=O) groups excluding carboxylic acids is 1. The lowest BCUT2D eigenvalue weighted by molar-refractivity contribution is -0.301. The monoisotopic (exact) mass is 769 g/mol. The summed E-state index contributed by atoms with van der Waals surface area (Å²) in [7, 11) is -5.05. The molecule has 1 fully saturated rings. The van der Waals surface area contributed by atoms with Gasteiger partial charge < -0.3 is 34.3 Å². The molecule has 1 aliphatic rings. The average molecular weight is 769 g/mol. The second-order valence-electron chi connectivity index (χ2n) is 14.6. The van der Waals surface area contributed by atoms with E-state index < -0.39 is 59.8 Å². The summed E-state index contributed by atoms with van der Waals surface area (Å²) < 4.78 is 58.6. The fourth-order valence-corrected chi connectivity index (χ4v) is 7.06. The lowest BCUT2D eigenvalue weighted by atomic mass is 9.99. The van der Waals surface area contributed by atoms with Crippen molar-refractivity contribution in [2.24, 2.45) is 0 Å². The van der Waals surface area contributed by atoms with Gasteiger partial charge in [0.25, 0.3) is 0 Å². The minimum absolute atomic E-state index is 0.0414. The van der Waals surface area contributed by atoms with Gasteiger partial charge in [0.2, 0.25) is 0 Å². The number of unbranched alkanes of at least 4 members (excludes halogenated alkanes) is 23. The van der Waals surface area contributed by atoms with E-state index in [-0.39, 0.29) is 19.6 Å². The van der Waals surface area contributed by atoms with E-state index in [1.165, 1.54) is 116 Å². The minimum Gasteiger partial charge on any atom is -0.457 e. The van der Waals surface area contributed by atoms with E-state index in [1.54, 1.807) is 0 Å². The van der Waals surface area contributed by atoms with Crippen molar-refractivity contribution >= 4 is 16.4 Å². The smallest absolute Gasteiger partial charge is 0.397 e. The summed E-state index contributed by atoms with van der Waals surface area (Å²) in [6, 6.07) is 0. The van der Waals surface area contributed by atoms with Crippen LogP contribution in [-0.2, 0) is 38.3 Å². The van der Waals surface area contributed by atoms with Crippen LogP contribution in [0.25, 0.3) is 0 Å². The number of carbonyl (C=O) groups is 1. The Labute approximate surface area is 316 Å². The van der Waals surface area contributed by atoms with Crippen molar-refractivity contribution in [3.63, 3.8) is 0 Å². The summed E-state index contributed by atoms with van der Waals surface area (Å²) in [5, 5.41) is 30.5. The van der Waals surface area contributed by atoms with Crippen molar-refractivity contribution in [1.82, 2.24) is 0 Å². The zero-order valence-corrected chi connectivity index (χ0v) is 33.5. The average Bonchev–Trinajstić information content (AvgIpc) is 3.11. The summed E-state index contributed by atoms with van der Waals surface area (Å²) >= 11 is 0. The third-order valence-electron chi connectivity index (χ3n) is 9.73. The van der Waals surface area contributed by atoms with Gasteiger partial charge in [-0.05, 0) is 12.8 Å². The molecule has 0 aromatic heterocycles. The molecule has 0 aromatic rings. The van der Waals surface area contributed by atoms with Crippen LogP contribution in [0.1, 0.15) is 181 Å². The van der Waals surface area contributed by atoms with Crippen molar-refractivity contribution in [2.75, 3.05) is 26.4 Å². The van der Waals surface area contributed by atoms with Gasteiger partial charge in [0, 0.05) is 13.0 Å². The molecule has 0 amide bonds. The summed E-state index contributed by atoms with van der Waals surface area (Å²) in [6.07, 6.45) is 21.8. The molecule has 0 bridgehead atoms. The van der Waals surface area contributed by atoms with Crippen molar-refractivity contribution in [1.29, 1.82) is 0 Å². The van der Waals surface area contributed by atoms with E-state index in [2.05, 4.69) is 18.0 Å². The summed E-state index contributed by atoms with van der Waals surface area (Å²) in [4.78, 5) is 12.7. The highest BCUT2D eigenvalue weighted by Gasteiger charge is 2.48. The van der Waals surface area contributed by atoms with E-state index >= 15 is 0 Å². The van der Waals surface area contributed by atoms with Crippen LogP contribution in [0, 0.1) is 0 Å². The molecule has 0 radical (unpaired) electrons. The SMILES string of the molecule is CCCCCCCCCCCCCCCCCCCCCC(=O)OC(COCCCCCCCC)COC1OC(CO)C(O)C(OS(=O)(=O)O)C1O. The molecule has 6 atom stereocenters. The second-order valence-corrected chi connectivity index (χ2v) is 15.6. The van der Waals surface area contributed by atoms with Crippen LogP contribution in [0.3, 0.4) is 0 Å². The first kappa shape index (κ1) is 49.1. The Hall–Kier alpha value is -0.900. The Kier molecular flexibility index (Phi) is 30.6. The van der Waals surface area contributed by atoms with Crippen molar-refractivity contribution in [3.05, 3.63) is 0 Å². The molecule has 1 saturated heterocycles. The Morgan fingerprint density at radius 3 is 1.54 bits per heavy atom. The first-order valence-corrected chi connectivity index (χ1v) is 22.2. The fraction of sp³-hybridized carbons (Fsp3) is 0.974. The molecule has 12 nitrogen and oxygen atoms in total. The Morgan fingerprint density at radius 1 is 0.654 bits per heavy atom. The van der Waals surface area contributed by atoms with Gasteiger partial charge in [-0.15, -0.1) is 0 Å². The predicted molar refractivity (Wildman–Crippen MR) is 202 cm³/mol. The van der Waals surface area contributed by atoms with E-state index in [0.717, 1.165) is 38.5 Å². The maximum atomic E-state index is 12.7. The Bertz CT molecular complexity index is 936. The highest BCUT2D eigenvalue weighted by molar-refractivity contribution is 7.80. The van der Waals surface area contributed by atoms with Crippen molar-refractivity contribution in [3.8, 4) is 0 Å². The van der Waals surface area contributed by atoms with E-state index in [9.17, 15) is 28.5 Å². The van der Waals surface area contributed by atoms with Crippen LogP contribution in [-0.4, -0.2) is 97.5 Å². The second kappa shape index (κ2) is 32.4. The molecule has 0 aliphatic carbocycles. The van der Waals surface area contributed by atoms with Crippen LogP contribution in [0.5, 0.6) is 0 Å². The molecular weight excluding hydrogens is 692 g/mol. The van der Waals surface area contributed by atoms with Gasteiger partial charge in [0.15, 0.2) is 6.29 Å². The molecule has 0 saturated carbocycles. The molecular formula is C39H76O12S. The van der Waals surface area contributed by atoms with Crippen LogP contribution >= 0.6 is 0 Å². The largest absolute Gasteiger partial charge is 0.457 e. The Morgan fingerprint density at radius 2 is 1.10 bits per heavy atom. The number of aliphatic hydroxyl groups is 3. The number of aliphatic hydroxyl groups excluding tert-OH is 3. The molecule has 4 N–H and O–H groups in total. The zero-order valence-electron chi connectivity index (χ0n) is 32.6. The normalized spacial score (nSPS) is 21.4. The Balaban J connectivity index is 2.34. The quantitative estimate of drug-likeness (QED) is 0.0277. The highest BCUT2D eigenvalue weighted by atomic mass is 32.3. The van der Waals surface area contributed by atoms with Gasteiger partial charge in [-0.2, -0.15) is 8.42 Å². The van der Waals surface area contributed by atoms with Gasteiger partial charge >= 0.3 is 16.4 Å². The first-order chi connectivity index (χ1) is 25.1. The van der Waals surface area contributed by atoms with Gasteiger partial charge in [-0.25, -0.2) is 4.18 Å². The van der Waals surface area contributed by atoms with Crippen molar-refractivity contribution in [2.45, 2.75) is 218 Å². The lowest BCUT2D eigenvalue weighted by Crippen LogP contribution is -2.60. The molecule has 1 aliphatic heterocycles. The number of rotatable bonds is 36. The standard InChI is InChI=1S/C39H76O12S/c1-3-5-7-9-11-12-13-14-15-16-17-18-19-20-21-22-23-24-26-28-35(41)49-33(31-47-29-27-25-10-8-6-4-2)32-48-39-37(43)38(51-52(44,45)46)36(42)34(30-40)50-39/h33-34,36-40,42-43H,3-32H2,1-2H3,(H,44,45,46). The molecule has 13 heteroatoms. The number of hydrogen-bond acceptors (Lipinski definition) is 11. The van der Waals surface area contributed by atoms with E-state index in [1.807, 2.05) is 0 Å². The number of ether oxygens (including phenoxy) is 4. The van der Waals surface area contributed by atoms with Crippen LogP contribution in [0.4, 0.5) is 0 Å². The first-order valence-electron chi connectivity index (χ1n) is 20.8. The van der Waals surface area contributed by atoms with Crippen molar-refractivity contribution < 1.29 is 56.2 Å². The third-order valence-corrected chi connectivity index (χ3v) is 10.2. The molecule has 0 aromatic carbocycles. The number of hydrogen-bond donors (Lipinski definition) is 4. The van der Waals surface area contributed by atoms with Crippen LogP contribution in [0.2, 0.25) is 0 Å². The predicted octanol–water partition coefficient (Wildman–Crippen LogP) is 7.74.